The van der Waals surface area contributed by atoms with Crippen LogP contribution >= 0.6 is 15.9 Å². The Morgan fingerprint density at radius 3 is 2.45 bits per heavy atom. The van der Waals surface area contributed by atoms with Gasteiger partial charge in [0, 0.05) is 23.5 Å². The zero-order chi connectivity index (χ0) is 23.2. The highest BCUT2D eigenvalue weighted by Crippen LogP contribution is 2.22. The summed E-state index contributed by atoms with van der Waals surface area (Å²) in [5.41, 5.74) is 2.17. The average Bonchev–Trinajstić information content (AvgIpc) is 3.34. The molecule has 0 saturated heterocycles. The SMILES string of the molecule is C[C@H](C(=O)NC1CCCC1)N(Cc1ccc(Br)cc1)C(=O)CCc1cccc2ccccc12. The van der Waals surface area contributed by atoms with Crippen molar-refractivity contribution in [3.63, 3.8) is 0 Å². The molecule has 0 aromatic heterocycles. The summed E-state index contributed by atoms with van der Waals surface area (Å²) >= 11 is 3.47. The molecule has 0 aliphatic heterocycles. The van der Waals surface area contributed by atoms with Crippen molar-refractivity contribution in [2.45, 2.75) is 64.1 Å². The Hall–Kier alpha value is -2.66. The van der Waals surface area contributed by atoms with Gasteiger partial charge in [-0.05, 0) is 60.2 Å². The smallest absolute Gasteiger partial charge is 0.242 e. The molecule has 5 heteroatoms. The number of nitrogens with zero attached hydrogens (tertiary/aromatic N) is 1. The van der Waals surface area contributed by atoms with Crippen LogP contribution in [-0.2, 0) is 22.6 Å². The predicted octanol–water partition coefficient (Wildman–Crippen LogP) is 6.01. The van der Waals surface area contributed by atoms with Crippen LogP contribution in [0.25, 0.3) is 10.8 Å². The molecule has 0 bridgehead atoms. The molecule has 1 N–H and O–H groups in total. The minimum Gasteiger partial charge on any atom is -0.352 e. The van der Waals surface area contributed by atoms with Crippen LogP contribution in [0.2, 0.25) is 0 Å². The molecule has 4 rings (SSSR count). The number of fused-ring (bicyclic) bond motifs is 1. The lowest BCUT2D eigenvalue weighted by atomic mass is 10.0. The van der Waals surface area contributed by atoms with Crippen molar-refractivity contribution < 1.29 is 9.59 Å². The van der Waals surface area contributed by atoms with Crippen LogP contribution in [0, 0.1) is 0 Å². The van der Waals surface area contributed by atoms with E-state index in [0.717, 1.165) is 41.3 Å². The van der Waals surface area contributed by atoms with Gasteiger partial charge in [-0.25, -0.2) is 0 Å². The third-order valence-corrected chi connectivity index (χ3v) is 7.15. The molecule has 33 heavy (non-hydrogen) atoms. The van der Waals surface area contributed by atoms with Gasteiger partial charge < -0.3 is 10.2 Å². The van der Waals surface area contributed by atoms with Crippen LogP contribution in [0.3, 0.4) is 0 Å². The summed E-state index contributed by atoms with van der Waals surface area (Å²) in [6.07, 6.45) is 5.39. The Balaban J connectivity index is 1.50. The molecule has 3 aromatic carbocycles. The van der Waals surface area contributed by atoms with Gasteiger partial charge in [0.15, 0.2) is 0 Å². The van der Waals surface area contributed by atoms with Crippen LogP contribution in [0.5, 0.6) is 0 Å². The Labute approximate surface area is 204 Å². The number of hydrogen-bond donors (Lipinski definition) is 1. The molecule has 1 saturated carbocycles. The molecule has 1 aliphatic rings. The summed E-state index contributed by atoms with van der Waals surface area (Å²) in [5, 5.41) is 5.53. The molecular formula is C28H31BrN2O2. The van der Waals surface area contributed by atoms with Crippen molar-refractivity contribution in [1.82, 2.24) is 10.2 Å². The molecule has 1 atom stereocenters. The minimum absolute atomic E-state index is 0.0000696. The van der Waals surface area contributed by atoms with E-state index in [4.69, 9.17) is 0 Å². The van der Waals surface area contributed by atoms with Crippen molar-refractivity contribution in [3.05, 3.63) is 82.3 Å². The number of benzene rings is 3. The Morgan fingerprint density at radius 1 is 1.00 bits per heavy atom. The van der Waals surface area contributed by atoms with Crippen molar-refractivity contribution in [2.24, 2.45) is 0 Å². The van der Waals surface area contributed by atoms with Gasteiger partial charge in [-0.15, -0.1) is 0 Å². The monoisotopic (exact) mass is 506 g/mol. The summed E-state index contributed by atoms with van der Waals surface area (Å²) in [7, 11) is 0. The third-order valence-electron chi connectivity index (χ3n) is 6.62. The first kappa shape index (κ1) is 23.5. The number of amides is 2. The van der Waals surface area contributed by atoms with Crippen molar-refractivity contribution in [3.8, 4) is 0 Å². The summed E-state index contributed by atoms with van der Waals surface area (Å²) in [6, 6.07) is 22.1. The highest BCUT2D eigenvalue weighted by molar-refractivity contribution is 9.10. The number of aryl methyl sites for hydroxylation is 1. The van der Waals surface area contributed by atoms with E-state index in [0.29, 0.717) is 19.4 Å². The molecule has 2 amide bonds. The van der Waals surface area contributed by atoms with E-state index in [2.05, 4.69) is 45.5 Å². The van der Waals surface area contributed by atoms with Gasteiger partial charge in [0.25, 0.3) is 0 Å². The van der Waals surface area contributed by atoms with Crippen molar-refractivity contribution >= 4 is 38.5 Å². The van der Waals surface area contributed by atoms with Gasteiger partial charge in [0.2, 0.25) is 11.8 Å². The van der Waals surface area contributed by atoms with Gasteiger partial charge in [-0.2, -0.15) is 0 Å². The van der Waals surface area contributed by atoms with E-state index in [1.807, 2.05) is 49.4 Å². The zero-order valence-corrected chi connectivity index (χ0v) is 20.7. The fourth-order valence-corrected chi connectivity index (χ4v) is 4.92. The predicted molar refractivity (Wildman–Crippen MR) is 137 cm³/mol. The normalized spacial score (nSPS) is 14.8. The minimum atomic E-state index is -0.519. The quantitative estimate of drug-likeness (QED) is 0.406. The maximum Gasteiger partial charge on any atom is 0.242 e. The molecule has 0 spiro atoms. The van der Waals surface area contributed by atoms with Crippen LogP contribution in [0.15, 0.2) is 71.2 Å². The molecule has 3 aromatic rings. The number of hydrogen-bond acceptors (Lipinski definition) is 2. The van der Waals surface area contributed by atoms with Crippen LogP contribution < -0.4 is 5.32 Å². The number of nitrogens with one attached hydrogen (secondary N) is 1. The Bertz CT molecular complexity index is 1100. The molecular weight excluding hydrogens is 476 g/mol. The zero-order valence-electron chi connectivity index (χ0n) is 19.1. The van der Waals surface area contributed by atoms with Gasteiger partial charge >= 0.3 is 0 Å². The van der Waals surface area contributed by atoms with Gasteiger partial charge in [0.05, 0.1) is 0 Å². The summed E-state index contributed by atoms with van der Waals surface area (Å²) in [4.78, 5) is 28.2. The standard InChI is InChI=1S/C28H31BrN2O2/c1-20(28(33)30-25-10-3-4-11-25)31(19-21-13-16-24(29)17-14-21)27(32)18-15-23-9-6-8-22-7-2-5-12-26(22)23/h2,5-9,12-14,16-17,20,25H,3-4,10-11,15,18-19H2,1H3,(H,30,33)/t20-/m1/s1. The maximum absolute atomic E-state index is 13.4. The maximum atomic E-state index is 13.4. The fourth-order valence-electron chi connectivity index (χ4n) is 4.66. The van der Waals surface area contributed by atoms with E-state index < -0.39 is 6.04 Å². The van der Waals surface area contributed by atoms with E-state index in [1.54, 1.807) is 4.90 Å². The first-order chi connectivity index (χ1) is 16.0. The van der Waals surface area contributed by atoms with Gasteiger partial charge in [0.1, 0.15) is 6.04 Å². The Morgan fingerprint density at radius 2 is 1.70 bits per heavy atom. The topological polar surface area (TPSA) is 49.4 Å². The van der Waals surface area contributed by atoms with E-state index in [1.165, 1.54) is 10.8 Å². The van der Waals surface area contributed by atoms with Crippen LogP contribution in [0.1, 0.15) is 50.2 Å². The molecule has 1 fully saturated rings. The number of rotatable bonds is 8. The summed E-state index contributed by atoms with van der Waals surface area (Å²) in [6.45, 7) is 2.26. The summed E-state index contributed by atoms with van der Waals surface area (Å²) < 4.78 is 0.993. The summed E-state index contributed by atoms with van der Waals surface area (Å²) in [5.74, 6) is -0.0579. The van der Waals surface area contributed by atoms with Gasteiger partial charge in [-0.1, -0.05) is 83.4 Å². The average molecular weight is 507 g/mol. The van der Waals surface area contributed by atoms with E-state index in [-0.39, 0.29) is 17.9 Å². The largest absolute Gasteiger partial charge is 0.352 e. The number of halogens is 1. The second-order valence-corrected chi connectivity index (χ2v) is 9.87. The first-order valence-electron chi connectivity index (χ1n) is 11.8. The van der Waals surface area contributed by atoms with E-state index >= 15 is 0 Å². The second kappa shape index (κ2) is 11.0. The Kier molecular flexibility index (Phi) is 7.81. The fraction of sp³-hybridized carbons (Fsp3) is 0.357. The van der Waals surface area contributed by atoms with Crippen LogP contribution in [0.4, 0.5) is 0 Å². The third kappa shape index (κ3) is 6.02. The second-order valence-electron chi connectivity index (χ2n) is 8.95. The lowest BCUT2D eigenvalue weighted by Gasteiger charge is -2.30. The van der Waals surface area contributed by atoms with E-state index in [9.17, 15) is 9.59 Å². The molecule has 0 radical (unpaired) electrons. The highest BCUT2D eigenvalue weighted by Gasteiger charge is 2.28. The van der Waals surface area contributed by atoms with Crippen molar-refractivity contribution in [1.29, 1.82) is 0 Å². The first-order valence-corrected chi connectivity index (χ1v) is 12.6. The molecule has 4 nitrogen and oxygen atoms in total. The molecule has 0 heterocycles. The highest BCUT2D eigenvalue weighted by atomic mass is 79.9. The van der Waals surface area contributed by atoms with Crippen LogP contribution in [-0.4, -0.2) is 28.8 Å². The number of carbonyl (C=O) groups is 2. The lowest BCUT2D eigenvalue weighted by Crippen LogP contribution is -2.49. The van der Waals surface area contributed by atoms with Crippen molar-refractivity contribution in [2.75, 3.05) is 0 Å². The van der Waals surface area contributed by atoms with Gasteiger partial charge in [-0.3, -0.25) is 9.59 Å². The molecule has 1 aliphatic carbocycles. The lowest BCUT2D eigenvalue weighted by molar-refractivity contribution is -0.140. The molecule has 172 valence electrons. The molecule has 0 unspecified atom stereocenters. The number of carbonyl (C=O) groups excluding carboxylic acids is 2.